The molecule has 2 aromatic carbocycles. The second-order valence-corrected chi connectivity index (χ2v) is 6.44. The zero-order valence-corrected chi connectivity index (χ0v) is 14.2. The van der Waals surface area contributed by atoms with Gasteiger partial charge in [0.2, 0.25) is 0 Å². The van der Waals surface area contributed by atoms with Gasteiger partial charge in [-0.25, -0.2) is 0 Å². The lowest BCUT2D eigenvalue weighted by Gasteiger charge is -2.16. The van der Waals surface area contributed by atoms with E-state index >= 15 is 0 Å². The molecule has 3 heteroatoms. The van der Waals surface area contributed by atoms with Crippen LogP contribution in [0.4, 0.5) is 0 Å². The summed E-state index contributed by atoms with van der Waals surface area (Å²) < 4.78 is 0. The lowest BCUT2D eigenvalue weighted by atomic mass is 9.99. The molecule has 1 nitrogen and oxygen atoms in total. The first-order chi connectivity index (χ1) is 9.99. The first-order valence-electron chi connectivity index (χ1n) is 7.25. The van der Waals surface area contributed by atoms with Gasteiger partial charge in [0.15, 0.2) is 0 Å². The first kappa shape index (κ1) is 16.4. The van der Waals surface area contributed by atoms with E-state index in [1.165, 1.54) is 11.1 Å². The topological polar surface area (TPSA) is 12.0 Å². The fourth-order valence-corrected chi connectivity index (χ4v) is 2.77. The molecule has 0 amide bonds. The van der Waals surface area contributed by atoms with Crippen LogP contribution in [-0.2, 0) is 6.54 Å². The van der Waals surface area contributed by atoms with Gasteiger partial charge >= 0.3 is 0 Å². The minimum absolute atomic E-state index is 0.249. The van der Waals surface area contributed by atoms with E-state index in [0.29, 0.717) is 22.5 Å². The minimum atomic E-state index is 0.249. The highest BCUT2D eigenvalue weighted by molar-refractivity contribution is 6.35. The summed E-state index contributed by atoms with van der Waals surface area (Å²) >= 11 is 12.4. The van der Waals surface area contributed by atoms with Gasteiger partial charge in [-0.15, -0.1) is 0 Å². The Kier molecular flexibility index (Phi) is 5.69. The van der Waals surface area contributed by atoms with E-state index in [-0.39, 0.29) is 6.04 Å². The molecule has 0 saturated heterocycles. The average Bonchev–Trinajstić information content (AvgIpc) is 2.46. The third-order valence-electron chi connectivity index (χ3n) is 3.75. The van der Waals surface area contributed by atoms with Crippen LogP contribution in [0.1, 0.15) is 49.4 Å². The highest BCUT2D eigenvalue weighted by Gasteiger charge is 2.09. The summed E-state index contributed by atoms with van der Waals surface area (Å²) in [7, 11) is 0. The van der Waals surface area contributed by atoms with Gasteiger partial charge in [0.05, 0.1) is 0 Å². The monoisotopic (exact) mass is 321 g/mol. The summed E-state index contributed by atoms with van der Waals surface area (Å²) in [5.74, 6) is 0.559. The van der Waals surface area contributed by atoms with Crippen molar-refractivity contribution in [2.45, 2.75) is 39.3 Å². The van der Waals surface area contributed by atoms with Crippen molar-refractivity contribution in [3.05, 3.63) is 69.2 Å². The number of halogens is 2. The molecule has 2 aromatic rings. The van der Waals surface area contributed by atoms with Crippen molar-refractivity contribution in [3.8, 4) is 0 Å². The maximum absolute atomic E-state index is 6.19. The molecule has 1 N–H and O–H groups in total. The molecule has 0 aliphatic heterocycles. The van der Waals surface area contributed by atoms with Crippen LogP contribution < -0.4 is 5.32 Å². The maximum atomic E-state index is 6.19. The first-order valence-corrected chi connectivity index (χ1v) is 8.00. The second-order valence-electron chi connectivity index (χ2n) is 5.62. The summed E-state index contributed by atoms with van der Waals surface area (Å²) in [5.41, 5.74) is 3.58. The molecule has 0 aromatic heterocycles. The third kappa shape index (κ3) is 4.23. The molecule has 0 fully saturated rings. The molecular formula is C18H21Cl2N. The molecule has 0 saturated carbocycles. The van der Waals surface area contributed by atoms with Gasteiger partial charge < -0.3 is 5.32 Å². The summed E-state index contributed by atoms with van der Waals surface area (Å²) in [6, 6.07) is 14.6. The van der Waals surface area contributed by atoms with Crippen LogP contribution in [0.3, 0.4) is 0 Å². The Morgan fingerprint density at radius 1 is 0.857 bits per heavy atom. The van der Waals surface area contributed by atoms with Gasteiger partial charge in [-0.05, 0) is 36.1 Å². The van der Waals surface area contributed by atoms with Crippen molar-refractivity contribution in [3.63, 3.8) is 0 Å². The molecule has 0 bridgehead atoms. The Morgan fingerprint density at radius 2 is 1.38 bits per heavy atom. The van der Waals surface area contributed by atoms with Gasteiger partial charge in [-0.2, -0.15) is 0 Å². The van der Waals surface area contributed by atoms with Gasteiger partial charge in [-0.3, -0.25) is 0 Å². The number of rotatable bonds is 5. The zero-order valence-electron chi connectivity index (χ0n) is 12.7. The van der Waals surface area contributed by atoms with Gasteiger partial charge in [-0.1, -0.05) is 67.4 Å². The third-order valence-corrected chi connectivity index (χ3v) is 4.46. The van der Waals surface area contributed by atoms with Crippen LogP contribution in [0.25, 0.3) is 0 Å². The summed E-state index contributed by atoms with van der Waals surface area (Å²) in [6.45, 7) is 7.22. The van der Waals surface area contributed by atoms with Gasteiger partial charge in [0.1, 0.15) is 0 Å². The molecule has 21 heavy (non-hydrogen) atoms. The SMILES string of the molecule is CC(C)c1ccc(C(C)NCc2c(Cl)cccc2Cl)cc1. The fourth-order valence-electron chi connectivity index (χ4n) is 2.24. The smallest absolute Gasteiger partial charge is 0.0465 e. The number of nitrogens with one attached hydrogen (secondary N) is 1. The van der Waals surface area contributed by atoms with E-state index in [1.807, 2.05) is 18.2 Å². The van der Waals surface area contributed by atoms with Gasteiger partial charge in [0.25, 0.3) is 0 Å². The van der Waals surface area contributed by atoms with Crippen molar-refractivity contribution < 1.29 is 0 Å². The van der Waals surface area contributed by atoms with E-state index in [4.69, 9.17) is 23.2 Å². The molecule has 0 heterocycles. The van der Waals surface area contributed by atoms with Crippen LogP contribution >= 0.6 is 23.2 Å². The summed E-state index contributed by atoms with van der Waals surface area (Å²) in [6.07, 6.45) is 0. The highest BCUT2D eigenvalue weighted by Crippen LogP contribution is 2.25. The maximum Gasteiger partial charge on any atom is 0.0465 e. The molecule has 2 rings (SSSR count). The van der Waals surface area contributed by atoms with Crippen LogP contribution in [-0.4, -0.2) is 0 Å². The number of hydrogen-bond acceptors (Lipinski definition) is 1. The van der Waals surface area contributed by atoms with Gasteiger partial charge in [0, 0.05) is 28.2 Å². The molecule has 0 radical (unpaired) electrons. The lowest BCUT2D eigenvalue weighted by molar-refractivity contribution is 0.574. The lowest BCUT2D eigenvalue weighted by Crippen LogP contribution is -2.18. The van der Waals surface area contributed by atoms with E-state index < -0.39 is 0 Å². The van der Waals surface area contributed by atoms with Crippen molar-refractivity contribution in [2.24, 2.45) is 0 Å². The fraction of sp³-hybridized carbons (Fsp3) is 0.333. The summed E-state index contributed by atoms with van der Waals surface area (Å²) in [5, 5.41) is 4.89. The standard InChI is InChI=1S/C18H21Cl2N/c1-12(2)14-7-9-15(10-8-14)13(3)21-11-16-17(19)5-4-6-18(16)20/h4-10,12-13,21H,11H2,1-3H3. The van der Waals surface area contributed by atoms with Crippen molar-refractivity contribution in [1.29, 1.82) is 0 Å². The Labute approximate surface area is 137 Å². The Balaban J connectivity index is 2.03. The van der Waals surface area contributed by atoms with Crippen LogP contribution in [0, 0.1) is 0 Å². The Morgan fingerprint density at radius 3 is 1.90 bits per heavy atom. The zero-order chi connectivity index (χ0) is 15.4. The molecule has 0 spiro atoms. The van der Waals surface area contributed by atoms with Crippen LogP contribution in [0.5, 0.6) is 0 Å². The Bertz CT molecular complexity index is 570. The molecule has 1 atom stereocenters. The molecule has 1 unspecified atom stereocenters. The molecule has 0 aliphatic rings. The molecule has 112 valence electrons. The van der Waals surface area contributed by atoms with Crippen molar-refractivity contribution >= 4 is 23.2 Å². The van der Waals surface area contributed by atoms with E-state index in [9.17, 15) is 0 Å². The number of hydrogen-bond donors (Lipinski definition) is 1. The molecular weight excluding hydrogens is 301 g/mol. The van der Waals surface area contributed by atoms with Crippen LogP contribution in [0.15, 0.2) is 42.5 Å². The normalized spacial score (nSPS) is 12.7. The van der Waals surface area contributed by atoms with E-state index in [2.05, 4.69) is 50.4 Å². The number of benzene rings is 2. The van der Waals surface area contributed by atoms with E-state index in [1.54, 1.807) is 0 Å². The average molecular weight is 322 g/mol. The van der Waals surface area contributed by atoms with Crippen LogP contribution in [0.2, 0.25) is 10.0 Å². The van der Waals surface area contributed by atoms with E-state index in [0.717, 1.165) is 5.56 Å². The van der Waals surface area contributed by atoms with Crippen molar-refractivity contribution in [2.75, 3.05) is 0 Å². The Hall–Kier alpha value is -1.02. The molecule has 0 aliphatic carbocycles. The predicted octanol–water partition coefficient (Wildman–Crippen LogP) is 5.97. The summed E-state index contributed by atoms with van der Waals surface area (Å²) in [4.78, 5) is 0. The predicted molar refractivity (Wildman–Crippen MR) is 92.2 cm³/mol. The van der Waals surface area contributed by atoms with Crippen molar-refractivity contribution in [1.82, 2.24) is 5.32 Å². The second kappa shape index (κ2) is 7.31. The minimum Gasteiger partial charge on any atom is -0.306 e. The highest BCUT2D eigenvalue weighted by atomic mass is 35.5. The largest absolute Gasteiger partial charge is 0.306 e. The quantitative estimate of drug-likeness (QED) is 0.715.